The summed E-state index contributed by atoms with van der Waals surface area (Å²) in [5, 5.41) is 0. The van der Waals surface area contributed by atoms with Crippen molar-refractivity contribution in [1.29, 1.82) is 0 Å². The van der Waals surface area contributed by atoms with Gasteiger partial charge in [-0.05, 0) is 12.8 Å². The molecule has 0 N–H and O–H groups in total. The van der Waals surface area contributed by atoms with Crippen LogP contribution in [0, 0.1) is 11.8 Å². The Morgan fingerprint density at radius 1 is 1.19 bits per heavy atom. The van der Waals surface area contributed by atoms with Crippen molar-refractivity contribution in [1.82, 2.24) is 0 Å². The van der Waals surface area contributed by atoms with E-state index in [4.69, 9.17) is 13.6 Å². The zero-order chi connectivity index (χ0) is 16.0. The van der Waals surface area contributed by atoms with Crippen molar-refractivity contribution in [3.05, 3.63) is 24.3 Å². The van der Waals surface area contributed by atoms with Gasteiger partial charge in [0, 0.05) is 36.5 Å². The molecule has 21 heavy (non-hydrogen) atoms. The van der Waals surface area contributed by atoms with Gasteiger partial charge in [0.2, 0.25) is 0 Å². The van der Waals surface area contributed by atoms with Gasteiger partial charge in [0.1, 0.15) is 0 Å². The van der Waals surface area contributed by atoms with E-state index >= 15 is 0 Å². The summed E-state index contributed by atoms with van der Waals surface area (Å²) in [7, 11) is 2.14. The van der Waals surface area contributed by atoms with Gasteiger partial charge in [0.05, 0.1) is 12.3 Å². The quantitative estimate of drug-likeness (QED) is 0.339. The zero-order valence-corrected chi connectivity index (χ0v) is 15.1. The molecule has 0 aromatic carbocycles. The van der Waals surface area contributed by atoms with Crippen LogP contribution in [0.15, 0.2) is 24.3 Å². The minimum Gasteiger partial charge on any atom is -0.362 e. The van der Waals surface area contributed by atoms with Crippen LogP contribution in [0.1, 0.15) is 32.6 Å². The Kier molecular flexibility index (Phi) is 13.0. The third-order valence-corrected chi connectivity index (χ3v) is 5.01. The molecule has 0 bridgehead atoms. The molecule has 0 aliphatic heterocycles. The molecule has 0 saturated heterocycles. The molecule has 0 aromatic rings. The fraction of sp³-hybridized carbons (Fsp3) is 0.600. The summed E-state index contributed by atoms with van der Waals surface area (Å²) in [5.74, 6) is 6.20. The largest absolute Gasteiger partial charge is 0.362 e. The van der Waals surface area contributed by atoms with Crippen LogP contribution in [0.25, 0.3) is 0 Å². The van der Waals surface area contributed by atoms with Gasteiger partial charge in [-0.15, -0.1) is 5.92 Å². The zero-order valence-electron chi connectivity index (χ0n) is 13.1. The maximum Gasteiger partial charge on any atom is 0.333 e. The molecule has 0 heterocycles. The summed E-state index contributed by atoms with van der Waals surface area (Å²) >= 11 is 0. The highest BCUT2D eigenvalue weighted by Crippen LogP contribution is 2.46. The molecule has 0 saturated carbocycles. The van der Waals surface area contributed by atoms with Crippen molar-refractivity contribution in [3.8, 4) is 11.8 Å². The summed E-state index contributed by atoms with van der Waals surface area (Å²) in [6.07, 6.45) is 11.5. The van der Waals surface area contributed by atoms with Crippen LogP contribution in [0.2, 0.25) is 0 Å². The van der Waals surface area contributed by atoms with Crippen molar-refractivity contribution in [2.24, 2.45) is 0 Å². The van der Waals surface area contributed by atoms with Crippen molar-refractivity contribution in [2.45, 2.75) is 38.7 Å². The van der Waals surface area contributed by atoms with Crippen molar-refractivity contribution in [3.63, 3.8) is 0 Å². The smallest absolute Gasteiger partial charge is 0.333 e. The van der Waals surface area contributed by atoms with Crippen LogP contribution in [0.3, 0.4) is 0 Å². The summed E-state index contributed by atoms with van der Waals surface area (Å²) in [6, 6.07) is 0. The predicted octanol–water partition coefficient (Wildman–Crippen LogP) is 4.34. The summed E-state index contributed by atoms with van der Waals surface area (Å²) in [4.78, 5) is 0. The van der Waals surface area contributed by atoms with E-state index in [9.17, 15) is 4.57 Å². The predicted molar refractivity (Wildman–Crippen MR) is 91.3 cm³/mol. The van der Waals surface area contributed by atoms with E-state index in [1.807, 2.05) is 18.2 Å². The monoisotopic (exact) mass is 332 g/mol. The average molecular weight is 332 g/mol. The summed E-state index contributed by atoms with van der Waals surface area (Å²) in [5.41, 5.74) is 0. The lowest BCUT2D eigenvalue weighted by molar-refractivity contribution is 0.224. The van der Waals surface area contributed by atoms with E-state index in [1.165, 1.54) is 14.2 Å². The molecule has 2 atom stereocenters. The molecule has 0 amide bonds. The Morgan fingerprint density at radius 3 is 2.43 bits per heavy atom. The van der Waals surface area contributed by atoms with Crippen LogP contribution < -0.4 is 0 Å². The minimum atomic E-state index is -2.93. The van der Waals surface area contributed by atoms with Gasteiger partial charge in [0.25, 0.3) is 0 Å². The number of allylic oxidation sites excluding steroid dienone is 4. The van der Waals surface area contributed by atoms with Crippen molar-refractivity contribution in [2.75, 3.05) is 20.4 Å². The Balaban J connectivity index is 3.86. The molecule has 0 fully saturated rings. The van der Waals surface area contributed by atoms with E-state index in [1.54, 1.807) is 6.08 Å². The molecule has 0 spiro atoms. The second-order valence-electron chi connectivity index (χ2n) is 4.28. The second-order valence-corrected chi connectivity index (χ2v) is 6.87. The highest BCUT2D eigenvalue weighted by Gasteiger charge is 2.17. The highest BCUT2D eigenvalue weighted by atomic mass is 31.2. The van der Waals surface area contributed by atoms with Gasteiger partial charge >= 0.3 is 7.60 Å². The molecule has 4 nitrogen and oxygen atoms in total. The van der Waals surface area contributed by atoms with Gasteiger partial charge in [-0.25, -0.2) is 0 Å². The Labute approximate surface area is 131 Å². The van der Waals surface area contributed by atoms with Crippen LogP contribution in [-0.2, 0) is 18.1 Å². The van der Waals surface area contributed by atoms with E-state index in [0.717, 1.165) is 19.3 Å². The van der Waals surface area contributed by atoms with Gasteiger partial charge in [-0.1, -0.05) is 37.1 Å². The number of hydrogen-bond donors (Lipinski definition) is 0. The van der Waals surface area contributed by atoms with Crippen LogP contribution in [-0.4, -0.2) is 26.5 Å². The molecule has 120 valence electrons. The lowest BCUT2D eigenvalue weighted by atomic mass is 10.1. The molecule has 0 rings (SSSR count). The molecule has 0 aromatic heterocycles. The maximum absolute atomic E-state index is 11.7. The topological polar surface area (TPSA) is 44.8 Å². The van der Waals surface area contributed by atoms with Crippen molar-refractivity contribution < 1.29 is 18.1 Å². The Bertz CT molecular complexity index is 409. The highest BCUT2D eigenvalue weighted by molar-refractivity contribution is 7.54. The fourth-order valence-electron chi connectivity index (χ4n) is 1.46. The lowest BCUT2D eigenvalue weighted by Gasteiger charge is -2.09. The average Bonchev–Trinajstić information content (AvgIpc) is 2.52. The molecule has 2 unspecified atom stereocenters. The first-order valence-corrected chi connectivity index (χ1v) is 9.15. The number of hydrogen-bond acceptors (Lipinski definition) is 4. The Hall–Kier alpha value is -0.420. The van der Waals surface area contributed by atoms with E-state index in [-0.39, 0.29) is 12.3 Å². The van der Waals surface area contributed by atoms with Crippen LogP contribution in [0.4, 0.5) is 0 Å². The molecular formula is C15H26O4P2. The first-order valence-electron chi connectivity index (χ1n) is 6.95. The first kappa shape index (κ1) is 20.6. The molecular weight excluding hydrogens is 306 g/mol. The minimum absolute atomic E-state index is 0.267. The molecule has 0 radical (unpaired) electrons. The summed E-state index contributed by atoms with van der Waals surface area (Å²) in [6.45, 7) is 2.10. The summed E-state index contributed by atoms with van der Waals surface area (Å²) < 4.78 is 26.5. The normalized spacial score (nSPS) is 13.5. The van der Waals surface area contributed by atoms with Crippen LogP contribution >= 0.6 is 17.1 Å². The first-order chi connectivity index (χ1) is 10.1. The van der Waals surface area contributed by atoms with Crippen molar-refractivity contribution >= 4 is 17.1 Å². The third-order valence-electron chi connectivity index (χ3n) is 2.85. The van der Waals surface area contributed by atoms with Gasteiger partial charge in [0.15, 0.2) is 0 Å². The van der Waals surface area contributed by atoms with E-state index < -0.39 is 7.60 Å². The standard InChI is InChI=1S/C15H26O4P2/c1-4-15(19-20)13-11-9-7-5-6-8-10-12-14-21(16,17-2)18-3/h6,8,10,12,15H,4-5,11,13-14,20H2,1-3H3. The maximum atomic E-state index is 11.7. The fourth-order valence-corrected chi connectivity index (χ4v) is 2.62. The second kappa shape index (κ2) is 13.3. The third kappa shape index (κ3) is 10.9. The molecule has 0 aliphatic rings. The lowest BCUT2D eigenvalue weighted by Crippen LogP contribution is -2.04. The van der Waals surface area contributed by atoms with E-state index in [2.05, 4.69) is 28.2 Å². The van der Waals surface area contributed by atoms with Gasteiger partial charge in [-0.3, -0.25) is 4.57 Å². The van der Waals surface area contributed by atoms with Crippen LogP contribution in [0.5, 0.6) is 0 Å². The SMILES string of the molecule is CCC(CCC#CCC=CC=CCP(=O)(OC)OC)OP. The Morgan fingerprint density at radius 2 is 1.86 bits per heavy atom. The molecule has 6 heteroatoms. The number of rotatable bonds is 10. The molecule has 0 aliphatic carbocycles. The van der Waals surface area contributed by atoms with Gasteiger partial charge in [-0.2, -0.15) is 0 Å². The van der Waals surface area contributed by atoms with Gasteiger partial charge < -0.3 is 13.6 Å². The van der Waals surface area contributed by atoms with E-state index in [0.29, 0.717) is 6.42 Å².